The van der Waals surface area contributed by atoms with E-state index in [1.807, 2.05) is 20.0 Å². The van der Waals surface area contributed by atoms with Crippen LogP contribution in [0.4, 0.5) is 5.82 Å². The van der Waals surface area contributed by atoms with Crippen LogP contribution in [0.5, 0.6) is 0 Å². The molecule has 1 aromatic rings. The Morgan fingerprint density at radius 1 is 1.44 bits per heavy atom. The van der Waals surface area contributed by atoms with Gasteiger partial charge in [0.1, 0.15) is 5.82 Å². The standard InChI is InChI=1S/C12H20N4/c1-8-4-11(5-13)7-16(8)12-6-14-9(2)10(3)15-12/h6,8,11H,4-5,7,13H2,1-3H3. The topological polar surface area (TPSA) is 55.0 Å². The van der Waals surface area contributed by atoms with Crippen LogP contribution in [0.2, 0.25) is 0 Å². The van der Waals surface area contributed by atoms with E-state index in [0.717, 1.165) is 36.7 Å². The van der Waals surface area contributed by atoms with Gasteiger partial charge in [0.25, 0.3) is 0 Å². The first-order valence-corrected chi connectivity index (χ1v) is 5.88. The second-order valence-electron chi connectivity index (χ2n) is 4.74. The van der Waals surface area contributed by atoms with Crippen LogP contribution in [-0.4, -0.2) is 29.1 Å². The summed E-state index contributed by atoms with van der Waals surface area (Å²) in [5, 5.41) is 0. The molecule has 16 heavy (non-hydrogen) atoms. The lowest BCUT2D eigenvalue weighted by molar-refractivity contribution is 0.579. The summed E-state index contributed by atoms with van der Waals surface area (Å²) in [5.74, 6) is 1.59. The van der Waals surface area contributed by atoms with Gasteiger partial charge in [-0.3, -0.25) is 4.98 Å². The third-order valence-electron chi connectivity index (χ3n) is 3.47. The first-order valence-electron chi connectivity index (χ1n) is 5.88. The average Bonchev–Trinajstić information content (AvgIpc) is 2.64. The lowest BCUT2D eigenvalue weighted by atomic mass is 10.1. The minimum absolute atomic E-state index is 0.518. The van der Waals surface area contributed by atoms with Crippen molar-refractivity contribution in [3.8, 4) is 0 Å². The molecule has 2 N–H and O–H groups in total. The molecule has 0 saturated carbocycles. The molecule has 0 amide bonds. The zero-order valence-corrected chi connectivity index (χ0v) is 10.3. The number of anilines is 1. The molecule has 4 heteroatoms. The van der Waals surface area contributed by atoms with Gasteiger partial charge in [-0.2, -0.15) is 0 Å². The van der Waals surface area contributed by atoms with Crippen molar-refractivity contribution in [2.24, 2.45) is 11.7 Å². The van der Waals surface area contributed by atoms with Crippen LogP contribution in [0.3, 0.4) is 0 Å². The van der Waals surface area contributed by atoms with E-state index in [-0.39, 0.29) is 0 Å². The van der Waals surface area contributed by atoms with Crippen LogP contribution in [0.15, 0.2) is 6.20 Å². The molecule has 2 rings (SSSR count). The van der Waals surface area contributed by atoms with Crippen LogP contribution in [0.25, 0.3) is 0 Å². The Morgan fingerprint density at radius 3 is 2.75 bits per heavy atom. The quantitative estimate of drug-likeness (QED) is 0.815. The van der Waals surface area contributed by atoms with Gasteiger partial charge >= 0.3 is 0 Å². The first-order chi connectivity index (χ1) is 7.61. The SMILES string of the molecule is Cc1ncc(N2CC(CN)CC2C)nc1C. The fourth-order valence-electron chi connectivity index (χ4n) is 2.30. The molecule has 2 unspecified atom stereocenters. The predicted octanol–water partition coefficient (Wildman–Crippen LogP) is 1.27. The van der Waals surface area contributed by atoms with Crippen molar-refractivity contribution in [1.29, 1.82) is 0 Å². The van der Waals surface area contributed by atoms with Gasteiger partial charge in [-0.15, -0.1) is 0 Å². The highest BCUT2D eigenvalue weighted by Crippen LogP contribution is 2.26. The Labute approximate surface area is 96.9 Å². The lowest BCUT2D eigenvalue weighted by Gasteiger charge is -2.22. The highest BCUT2D eigenvalue weighted by atomic mass is 15.2. The van der Waals surface area contributed by atoms with Crippen LogP contribution in [0, 0.1) is 19.8 Å². The van der Waals surface area contributed by atoms with Gasteiger partial charge in [-0.1, -0.05) is 0 Å². The Morgan fingerprint density at radius 2 is 2.19 bits per heavy atom. The minimum Gasteiger partial charge on any atom is -0.352 e. The van der Waals surface area contributed by atoms with Crippen molar-refractivity contribution >= 4 is 5.82 Å². The molecule has 0 bridgehead atoms. The molecule has 0 aliphatic carbocycles. The largest absolute Gasteiger partial charge is 0.352 e. The summed E-state index contributed by atoms with van der Waals surface area (Å²) in [5.41, 5.74) is 7.75. The van der Waals surface area contributed by atoms with Crippen molar-refractivity contribution in [2.45, 2.75) is 33.2 Å². The molecule has 1 aliphatic heterocycles. The number of hydrogen-bond acceptors (Lipinski definition) is 4. The highest BCUT2D eigenvalue weighted by molar-refractivity contribution is 5.40. The maximum Gasteiger partial charge on any atom is 0.147 e. The second kappa shape index (κ2) is 4.37. The molecule has 1 aromatic heterocycles. The molecule has 0 aromatic carbocycles. The molecule has 2 heterocycles. The fourth-order valence-corrected chi connectivity index (χ4v) is 2.30. The summed E-state index contributed by atoms with van der Waals surface area (Å²) in [4.78, 5) is 11.3. The number of nitrogens with two attached hydrogens (primary N) is 1. The van der Waals surface area contributed by atoms with Gasteiger partial charge in [0.2, 0.25) is 0 Å². The van der Waals surface area contributed by atoms with Crippen molar-refractivity contribution in [2.75, 3.05) is 18.0 Å². The van der Waals surface area contributed by atoms with Crippen molar-refractivity contribution in [3.05, 3.63) is 17.6 Å². The summed E-state index contributed by atoms with van der Waals surface area (Å²) in [7, 11) is 0. The molecule has 4 nitrogen and oxygen atoms in total. The number of aromatic nitrogens is 2. The van der Waals surface area contributed by atoms with Gasteiger partial charge in [0.15, 0.2) is 0 Å². The molecule has 1 fully saturated rings. The molecular formula is C12H20N4. The smallest absolute Gasteiger partial charge is 0.147 e. The van der Waals surface area contributed by atoms with Gasteiger partial charge in [-0.25, -0.2) is 4.98 Å². The van der Waals surface area contributed by atoms with E-state index in [1.165, 1.54) is 0 Å². The summed E-state index contributed by atoms with van der Waals surface area (Å²) in [6.45, 7) is 8.00. The number of aryl methyl sites for hydroxylation is 2. The van der Waals surface area contributed by atoms with Gasteiger partial charge in [0, 0.05) is 12.6 Å². The zero-order valence-electron chi connectivity index (χ0n) is 10.3. The molecule has 88 valence electrons. The summed E-state index contributed by atoms with van der Waals surface area (Å²) >= 11 is 0. The normalized spacial score (nSPS) is 25.1. The van der Waals surface area contributed by atoms with E-state index in [1.54, 1.807) is 0 Å². The molecule has 0 radical (unpaired) electrons. The van der Waals surface area contributed by atoms with E-state index in [9.17, 15) is 0 Å². The van der Waals surface area contributed by atoms with E-state index < -0.39 is 0 Å². The number of nitrogens with zero attached hydrogens (tertiary/aromatic N) is 3. The molecule has 2 atom stereocenters. The average molecular weight is 220 g/mol. The van der Waals surface area contributed by atoms with Crippen LogP contribution >= 0.6 is 0 Å². The lowest BCUT2D eigenvalue weighted by Crippen LogP contribution is -2.28. The third-order valence-corrected chi connectivity index (χ3v) is 3.47. The zero-order chi connectivity index (χ0) is 11.7. The second-order valence-corrected chi connectivity index (χ2v) is 4.74. The maximum atomic E-state index is 5.73. The van der Waals surface area contributed by atoms with Crippen molar-refractivity contribution in [3.63, 3.8) is 0 Å². The molecule has 1 aliphatic rings. The van der Waals surface area contributed by atoms with Crippen LogP contribution in [-0.2, 0) is 0 Å². The van der Waals surface area contributed by atoms with Crippen molar-refractivity contribution in [1.82, 2.24) is 9.97 Å². The Bertz CT molecular complexity index is 377. The molecule has 1 saturated heterocycles. The molecule has 0 spiro atoms. The summed E-state index contributed by atoms with van der Waals surface area (Å²) in [6.07, 6.45) is 3.03. The predicted molar refractivity (Wildman–Crippen MR) is 65.5 cm³/mol. The third kappa shape index (κ3) is 2.02. The van der Waals surface area contributed by atoms with Crippen LogP contribution in [0.1, 0.15) is 24.7 Å². The monoisotopic (exact) mass is 220 g/mol. The van der Waals surface area contributed by atoms with Gasteiger partial charge in [-0.05, 0) is 39.7 Å². The number of rotatable bonds is 2. The minimum atomic E-state index is 0.518. The Hall–Kier alpha value is -1.16. The first kappa shape index (κ1) is 11.3. The number of hydrogen-bond donors (Lipinski definition) is 1. The van der Waals surface area contributed by atoms with Gasteiger partial charge in [0.05, 0.1) is 17.6 Å². The Balaban J connectivity index is 2.21. The fraction of sp³-hybridized carbons (Fsp3) is 0.667. The maximum absolute atomic E-state index is 5.73. The van der Waals surface area contributed by atoms with Crippen molar-refractivity contribution < 1.29 is 0 Å². The van der Waals surface area contributed by atoms with E-state index in [2.05, 4.69) is 21.8 Å². The van der Waals surface area contributed by atoms with Gasteiger partial charge < -0.3 is 10.6 Å². The van der Waals surface area contributed by atoms with E-state index in [4.69, 9.17) is 5.73 Å². The van der Waals surface area contributed by atoms with Crippen LogP contribution < -0.4 is 10.6 Å². The highest BCUT2D eigenvalue weighted by Gasteiger charge is 2.29. The van der Waals surface area contributed by atoms with E-state index >= 15 is 0 Å². The summed E-state index contributed by atoms with van der Waals surface area (Å²) < 4.78 is 0. The summed E-state index contributed by atoms with van der Waals surface area (Å²) in [6, 6.07) is 0.518. The Kier molecular flexibility index (Phi) is 3.10. The van der Waals surface area contributed by atoms with E-state index in [0.29, 0.717) is 12.0 Å². The molecular weight excluding hydrogens is 200 g/mol.